The van der Waals surface area contributed by atoms with E-state index in [9.17, 15) is 0 Å². The summed E-state index contributed by atoms with van der Waals surface area (Å²) in [5.41, 5.74) is 2.98. The summed E-state index contributed by atoms with van der Waals surface area (Å²) in [5, 5.41) is 4.05. The van der Waals surface area contributed by atoms with Crippen LogP contribution >= 0.6 is 0 Å². The normalized spacial score (nSPS) is 27.7. The first kappa shape index (κ1) is 17.2. The summed E-state index contributed by atoms with van der Waals surface area (Å²) in [7, 11) is 1.71. The zero-order valence-corrected chi connectivity index (χ0v) is 15.7. The van der Waals surface area contributed by atoms with Gasteiger partial charge in [0.15, 0.2) is 0 Å². The second kappa shape index (κ2) is 7.16. The van der Waals surface area contributed by atoms with E-state index in [1.54, 1.807) is 7.11 Å². The van der Waals surface area contributed by atoms with Gasteiger partial charge in [0.2, 0.25) is 0 Å². The Hall–Kier alpha value is -1.26. The Morgan fingerprint density at radius 2 is 2.00 bits per heavy atom. The van der Waals surface area contributed by atoms with Crippen LogP contribution in [0.1, 0.15) is 50.5 Å². The van der Waals surface area contributed by atoms with Crippen LogP contribution in [0.5, 0.6) is 5.75 Å². The van der Waals surface area contributed by atoms with Crippen LogP contribution in [0.25, 0.3) is 0 Å². The quantitative estimate of drug-likeness (QED) is 0.827. The van der Waals surface area contributed by atoms with Gasteiger partial charge in [0, 0.05) is 37.0 Å². The second-order valence-electron chi connectivity index (χ2n) is 8.16. The average molecular weight is 344 g/mol. The Morgan fingerprint density at radius 1 is 1.16 bits per heavy atom. The van der Waals surface area contributed by atoms with Gasteiger partial charge in [-0.1, -0.05) is 12.8 Å². The molecule has 1 aromatic carbocycles. The third-order valence-electron chi connectivity index (χ3n) is 6.44. The summed E-state index contributed by atoms with van der Waals surface area (Å²) in [6.45, 7) is 4.56. The molecule has 1 N–H and O–H groups in total. The highest BCUT2D eigenvalue weighted by Gasteiger charge is 2.48. The Bertz CT molecular complexity index is 600. The van der Waals surface area contributed by atoms with Crippen molar-refractivity contribution in [1.82, 2.24) is 5.32 Å². The van der Waals surface area contributed by atoms with Gasteiger partial charge < -0.3 is 19.7 Å². The summed E-state index contributed by atoms with van der Waals surface area (Å²) in [5.74, 6) is 0.981. The van der Waals surface area contributed by atoms with Crippen molar-refractivity contribution >= 4 is 5.69 Å². The molecule has 1 spiro atoms. The average Bonchev–Trinajstić information content (AvgIpc) is 2.61. The van der Waals surface area contributed by atoms with E-state index < -0.39 is 0 Å². The van der Waals surface area contributed by atoms with Crippen molar-refractivity contribution in [1.29, 1.82) is 0 Å². The molecule has 0 radical (unpaired) electrons. The number of anilines is 1. The number of hydrogen-bond donors (Lipinski definition) is 1. The minimum Gasteiger partial charge on any atom is -0.491 e. The number of methoxy groups -OCH3 is 1. The van der Waals surface area contributed by atoms with Gasteiger partial charge in [-0.05, 0) is 62.8 Å². The van der Waals surface area contributed by atoms with Crippen LogP contribution in [0.15, 0.2) is 18.2 Å². The minimum absolute atomic E-state index is 0.375. The highest BCUT2D eigenvalue weighted by Crippen LogP contribution is 2.42. The summed E-state index contributed by atoms with van der Waals surface area (Å²) in [6.07, 6.45) is 9.45. The maximum Gasteiger partial charge on any atom is 0.122 e. The lowest BCUT2D eigenvalue weighted by molar-refractivity contribution is 0.105. The third-order valence-corrected chi connectivity index (χ3v) is 6.44. The topological polar surface area (TPSA) is 33.7 Å². The molecule has 4 heteroatoms. The number of fused-ring (bicyclic) bond motifs is 1. The number of nitrogens with one attached hydrogen (secondary N) is 1. The van der Waals surface area contributed by atoms with Crippen molar-refractivity contribution in [3.05, 3.63) is 23.8 Å². The third kappa shape index (κ3) is 3.39. The molecule has 1 aliphatic heterocycles. The first-order valence-electron chi connectivity index (χ1n) is 9.97. The summed E-state index contributed by atoms with van der Waals surface area (Å²) in [6, 6.07) is 8.05. The summed E-state index contributed by atoms with van der Waals surface area (Å²) in [4.78, 5) is 2.71. The van der Waals surface area contributed by atoms with E-state index in [1.165, 1.54) is 56.2 Å². The fourth-order valence-corrected chi connectivity index (χ4v) is 4.93. The molecule has 1 saturated heterocycles. The van der Waals surface area contributed by atoms with Gasteiger partial charge in [-0.3, -0.25) is 0 Å². The fourth-order valence-electron chi connectivity index (χ4n) is 4.93. The van der Waals surface area contributed by atoms with Crippen LogP contribution in [-0.2, 0) is 4.74 Å². The van der Waals surface area contributed by atoms with E-state index in [2.05, 4.69) is 35.3 Å². The highest BCUT2D eigenvalue weighted by atomic mass is 16.5. The molecule has 1 aromatic rings. The van der Waals surface area contributed by atoms with Crippen LogP contribution in [0.2, 0.25) is 0 Å². The van der Waals surface area contributed by atoms with Crippen LogP contribution in [-0.4, -0.2) is 44.5 Å². The Kier molecular flexibility index (Phi) is 4.92. The molecular weight excluding hydrogens is 312 g/mol. The van der Waals surface area contributed by atoms with Crippen LogP contribution in [0.3, 0.4) is 0 Å². The molecule has 2 aliphatic carbocycles. The zero-order chi connectivity index (χ0) is 17.3. The van der Waals surface area contributed by atoms with Crippen molar-refractivity contribution in [2.24, 2.45) is 0 Å². The number of hydrogen-bond acceptors (Lipinski definition) is 4. The van der Waals surface area contributed by atoms with Gasteiger partial charge >= 0.3 is 0 Å². The molecule has 1 heterocycles. The predicted octanol–water partition coefficient (Wildman–Crippen LogP) is 3.66. The SMILES string of the molecule is COCCOc1ccc(N2CC3(CCC3)N[C@H]3CCCC[C@@H]32)cc1C. The zero-order valence-electron chi connectivity index (χ0n) is 15.7. The lowest BCUT2D eigenvalue weighted by atomic mass is 9.71. The van der Waals surface area contributed by atoms with Gasteiger partial charge in [-0.15, -0.1) is 0 Å². The van der Waals surface area contributed by atoms with E-state index in [0.717, 1.165) is 12.3 Å². The van der Waals surface area contributed by atoms with Crippen molar-refractivity contribution < 1.29 is 9.47 Å². The van der Waals surface area contributed by atoms with Crippen molar-refractivity contribution in [2.75, 3.05) is 31.8 Å². The lowest BCUT2D eigenvalue weighted by Gasteiger charge is -2.58. The second-order valence-corrected chi connectivity index (χ2v) is 8.16. The molecule has 138 valence electrons. The Balaban J connectivity index is 1.54. The van der Waals surface area contributed by atoms with Gasteiger partial charge in [0.05, 0.1) is 6.61 Å². The number of nitrogens with zero attached hydrogens (tertiary/aromatic N) is 1. The van der Waals surface area contributed by atoms with E-state index in [1.807, 2.05) is 0 Å². The molecule has 0 aromatic heterocycles. The minimum atomic E-state index is 0.375. The molecule has 3 aliphatic rings. The van der Waals surface area contributed by atoms with Crippen molar-refractivity contribution in [2.45, 2.75) is 69.5 Å². The number of rotatable bonds is 5. The largest absolute Gasteiger partial charge is 0.491 e. The van der Waals surface area contributed by atoms with Gasteiger partial charge in [0.25, 0.3) is 0 Å². The maximum atomic E-state index is 5.84. The van der Waals surface area contributed by atoms with Gasteiger partial charge in [-0.25, -0.2) is 0 Å². The molecule has 4 nitrogen and oxygen atoms in total. The van der Waals surface area contributed by atoms with Gasteiger partial charge in [0.1, 0.15) is 12.4 Å². The van der Waals surface area contributed by atoms with Crippen LogP contribution < -0.4 is 15.0 Å². The number of benzene rings is 1. The van der Waals surface area contributed by atoms with E-state index in [0.29, 0.717) is 30.8 Å². The first-order chi connectivity index (χ1) is 12.2. The van der Waals surface area contributed by atoms with E-state index in [-0.39, 0.29) is 0 Å². The highest BCUT2D eigenvalue weighted by molar-refractivity contribution is 5.55. The standard InChI is InChI=1S/C21H32N2O2/c1-16-14-17(8-9-20(16)25-13-12-24-2)23-15-21(10-5-11-21)22-18-6-3-4-7-19(18)23/h8-9,14,18-19,22H,3-7,10-13,15H2,1-2H3/t18-,19-/m0/s1. The Labute approximate surface area is 151 Å². The molecule has 3 fully saturated rings. The molecular formula is C21H32N2O2. The summed E-state index contributed by atoms with van der Waals surface area (Å²) < 4.78 is 10.9. The van der Waals surface area contributed by atoms with Crippen LogP contribution in [0, 0.1) is 6.92 Å². The summed E-state index contributed by atoms with van der Waals surface area (Å²) >= 11 is 0. The molecule has 4 rings (SSSR count). The van der Waals surface area contributed by atoms with E-state index >= 15 is 0 Å². The fraction of sp³-hybridized carbons (Fsp3) is 0.714. The first-order valence-corrected chi connectivity index (χ1v) is 9.97. The maximum absolute atomic E-state index is 5.84. The molecule has 2 saturated carbocycles. The van der Waals surface area contributed by atoms with E-state index in [4.69, 9.17) is 9.47 Å². The van der Waals surface area contributed by atoms with Crippen LogP contribution in [0.4, 0.5) is 5.69 Å². The van der Waals surface area contributed by atoms with Crippen molar-refractivity contribution in [3.8, 4) is 5.75 Å². The molecule has 2 atom stereocenters. The number of ether oxygens (including phenoxy) is 2. The lowest BCUT2D eigenvalue weighted by Crippen LogP contribution is -2.72. The molecule has 0 amide bonds. The molecule has 25 heavy (non-hydrogen) atoms. The predicted molar refractivity (Wildman–Crippen MR) is 102 cm³/mol. The monoisotopic (exact) mass is 344 g/mol. The van der Waals surface area contributed by atoms with Crippen molar-refractivity contribution in [3.63, 3.8) is 0 Å². The number of piperazine rings is 1. The molecule has 0 bridgehead atoms. The number of aryl methyl sites for hydroxylation is 1. The Morgan fingerprint density at radius 3 is 2.72 bits per heavy atom. The smallest absolute Gasteiger partial charge is 0.122 e. The molecule has 0 unspecified atom stereocenters. The van der Waals surface area contributed by atoms with Gasteiger partial charge in [-0.2, -0.15) is 0 Å².